The number of aromatic nitrogens is 2. The Kier molecular flexibility index (Phi) is 4.25. The summed E-state index contributed by atoms with van der Waals surface area (Å²) >= 11 is 0. The van der Waals surface area contributed by atoms with E-state index in [2.05, 4.69) is 21.8 Å². The molecule has 0 saturated carbocycles. The molecule has 0 saturated heterocycles. The topological polar surface area (TPSA) is 55.0 Å². The summed E-state index contributed by atoms with van der Waals surface area (Å²) in [6.45, 7) is 4.34. The lowest BCUT2D eigenvalue weighted by Crippen LogP contribution is -2.23. The first-order valence-corrected chi connectivity index (χ1v) is 6.13. The lowest BCUT2D eigenvalue weighted by atomic mass is 10.2. The molecule has 0 aliphatic heterocycles. The number of anilines is 1. The third-order valence-electron chi connectivity index (χ3n) is 2.83. The predicted molar refractivity (Wildman–Crippen MR) is 73.1 cm³/mol. The normalized spacial score (nSPS) is 10.3. The van der Waals surface area contributed by atoms with Crippen LogP contribution in [-0.2, 0) is 13.1 Å². The van der Waals surface area contributed by atoms with Crippen molar-refractivity contribution in [3.05, 3.63) is 54.0 Å². The van der Waals surface area contributed by atoms with Crippen molar-refractivity contribution in [3.8, 4) is 0 Å². The summed E-state index contributed by atoms with van der Waals surface area (Å²) in [6, 6.07) is 10.0. The SMILES string of the molecule is CCN(Cc1ccncc1)c1cccc(CN)n1. The second-order valence-corrected chi connectivity index (χ2v) is 4.06. The largest absolute Gasteiger partial charge is 0.353 e. The zero-order valence-electron chi connectivity index (χ0n) is 10.6. The molecule has 0 spiro atoms. The molecule has 4 heteroatoms. The summed E-state index contributed by atoms with van der Waals surface area (Å²) < 4.78 is 0. The van der Waals surface area contributed by atoms with Crippen LogP contribution in [0.15, 0.2) is 42.7 Å². The molecule has 2 heterocycles. The Morgan fingerprint density at radius 3 is 2.61 bits per heavy atom. The molecule has 0 aromatic carbocycles. The first-order chi connectivity index (χ1) is 8.83. The fourth-order valence-corrected chi connectivity index (χ4v) is 1.82. The highest BCUT2D eigenvalue weighted by atomic mass is 15.2. The molecule has 0 bridgehead atoms. The van der Waals surface area contributed by atoms with Crippen LogP contribution in [0.25, 0.3) is 0 Å². The van der Waals surface area contributed by atoms with Crippen LogP contribution in [0.2, 0.25) is 0 Å². The van der Waals surface area contributed by atoms with Crippen LogP contribution < -0.4 is 10.6 Å². The van der Waals surface area contributed by atoms with Gasteiger partial charge in [0.05, 0.1) is 5.69 Å². The number of pyridine rings is 2. The van der Waals surface area contributed by atoms with E-state index in [1.807, 2.05) is 42.7 Å². The quantitative estimate of drug-likeness (QED) is 0.870. The van der Waals surface area contributed by atoms with Crippen LogP contribution in [0.1, 0.15) is 18.2 Å². The van der Waals surface area contributed by atoms with Crippen LogP contribution >= 0.6 is 0 Å². The Labute approximate surface area is 107 Å². The average Bonchev–Trinajstić information content (AvgIpc) is 2.46. The summed E-state index contributed by atoms with van der Waals surface area (Å²) in [5, 5.41) is 0. The van der Waals surface area contributed by atoms with Crippen molar-refractivity contribution in [2.75, 3.05) is 11.4 Å². The van der Waals surface area contributed by atoms with Crippen molar-refractivity contribution in [2.45, 2.75) is 20.0 Å². The molecule has 0 aliphatic carbocycles. The van der Waals surface area contributed by atoms with Crippen molar-refractivity contribution < 1.29 is 0 Å². The number of hydrogen-bond donors (Lipinski definition) is 1. The molecule has 0 aliphatic rings. The molecule has 2 rings (SSSR count). The Hall–Kier alpha value is -1.94. The van der Waals surface area contributed by atoms with Gasteiger partial charge in [-0.2, -0.15) is 0 Å². The van der Waals surface area contributed by atoms with E-state index in [-0.39, 0.29) is 0 Å². The molecule has 2 aromatic heterocycles. The molecule has 0 radical (unpaired) electrons. The summed E-state index contributed by atoms with van der Waals surface area (Å²) in [6.07, 6.45) is 3.62. The van der Waals surface area contributed by atoms with Crippen LogP contribution in [0, 0.1) is 0 Å². The van der Waals surface area contributed by atoms with Gasteiger partial charge in [-0.05, 0) is 36.8 Å². The van der Waals surface area contributed by atoms with Gasteiger partial charge in [0.1, 0.15) is 5.82 Å². The van der Waals surface area contributed by atoms with Gasteiger partial charge in [-0.3, -0.25) is 4.98 Å². The third kappa shape index (κ3) is 3.05. The zero-order chi connectivity index (χ0) is 12.8. The zero-order valence-corrected chi connectivity index (χ0v) is 10.6. The van der Waals surface area contributed by atoms with E-state index in [9.17, 15) is 0 Å². The molecule has 4 nitrogen and oxygen atoms in total. The molecule has 0 atom stereocenters. The van der Waals surface area contributed by atoms with Gasteiger partial charge in [0.2, 0.25) is 0 Å². The highest BCUT2D eigenvalue weighted by molar-refractivity contribution is 5.40. The lowest BCUT2D eigenvalue weighted by molar-refractivity contribution is 0.804. The van der Waals surface area contributed by atoms with Crippen LogP contribution in [0.5, 0.6) is 0 Å². The molecule has 0 unspecified atom stereocenters. The van der Waals surface area contributed by atoms with E-state index in [1.54, 1.807) is 0 Å². The average molecular weight is 242 g/mol. The van der Waals surface area contributed by atoms with E-state index in [0.29, 0.717) is 6.54 Å². The minimum atomic E-state index is 0.473. The van der Waals surface area contributed by atoms with Gasteiger partial charge in [0, 0.05) is 32.0 Å². The van der Waals surface area contributed by atoms with Crippen molar-refractivity contribution in [1.29, 1.82) is 0 Å². The van der Waals surface area contributed by atoms with Gasteiger partial charge in [0.15, 0.2) is 0 Å². The number of hydrogen-bond acceptors (Lipinski definition) is 4. The summed E-state index contributed by atoms with van der Waals surface area (Å²) in [5.41, 5.74) is 7.77. The summed E-state index contributed by atoms with van der Waals surface area (Å²) in [7, 11) is 0. The molecule has 2 aromatic rings. The van der Waals surface area contributed by atoms with Crippen molar-refractivity contribution >= 4 is 5.82 Å². The van der Waals surface area contributed by atoms with E-state index in [1.165, 1.54) is 5.56 Å². The molecular weight excluding hydrogens is 224 g/mol. The van der Waals surface area contributed by atoms with Crippen LogP contribution in [0.4, 0.5) is 5.82 Å². The van der Waals surface area contributed by atoms with E-state index >= 15 is 0 Å². The van der Waals surface area contributed by atoms with Crippen molar-refractivity contribution in [1.82, 2.24) is 9.97 Å². The van der Waals surface area contributed by atoms with Crippen LogP contribution in [0.3, 0.4) is 0 Å². The fraction of sp³-hybridized carbons (Fsp3) is 0.286. The lowest BCUT2D eigenvalue weighted by Gasteiger charge is -2.22. The third-order valence-corrected chi connectivity index (χ3v) is 2.83. The second kappa shape index (κ2) is 6.12. The highest BCUT2D eigenvalue weighted by Crippen LogP contribution is 2.14. The number of rotatable bonds is 5. The van der Waals surface area contributed by atoms with Gasteiger partial charge in [0.25, 0.3) is 0 Å². The number of nitrogens with two attached hydrogens (primary N) is 1. The van der Waals surface area contributed by atoms with E-state index in [4.69, 9.17) is 5.73 Å². The maximum atomic E-state index is 5.62. The van der Waals surface area contributed by atoms with Crippen molar-refractivity contribution in [3.63, 3.8) is 0 Å². The minimum Gasteiger partial charge on any atom is -0.353 e. The Balaban J connectivity index is 2.17. The molecule has 94 valence electrons. The fourth-order valence-electron chi connectivity index (χ4n) is 1.82. The van der Waals surface area contributed by atoms with Crippen LogP contribution in [-0.4, -0.2) is 16.5 Å². The first-order valence-electron chi connectivity index (χ1n) is 6.13. The van der Waals surface area contributed by atoms with E-state index < -0.39 is 0 Å². The van der Waals surface area contributed by atoms with Crippen molar-refractivity contribution in [2.24, 2.45) is 5.73 Å². The second-order valence-electron chi connectivity index (χ2n) is 4.06. The molecule has 0 fully saturated rings. The molecule has 0 amide bonds. The van der Waals surface area contributed by atoms with Gasteiger partial charge in [-0.15, -0.1) is 0 Å². The maximum absolute atomic E-state index is 5.62. The Morgan fingerprint density at radius 1 is 1.17 bits per heavy atom. The van der Waals surface area contributed by atoms with E-state index in [0.717, 1.165) is 24.6 Å². The highest BCUT2D eigenvalue weighted by Gasteiger charge is 2.06. The molecular formula is C14H18N4. The smallest absolute Gasteiger partial charge is 0.129 e. The van der Waals surface area contributed by atoms with Gasteiger partial charge >= 0.3 is 0 Å². The minimum absolute atomic E-state index is 0.473. The first kappa shape index (κ1) is 12.5. The monoisotopic (exact) mass is 242 g/mol. The Morgan fingerprint density at radius 2 is 1.94 bits per heavy atom. The number of nitrogens with zero attached hydrogens (tertiary/aromatic N) is 3. The standard InChI is InChI=1S/C14H18N4/c1-2-18(11-12-6-8-16-9-7-12)14-5-3-4-13(10-15)17-14/h3-9H,2,10-11,15H2,1H3. The molecule has 2 N–H and O–H groups in total. The molecule has 18 heavy (non-hydrogen) atoms. The van der Waals surface area contributed by atoms with Gasteiger partial charge in [-0.1, -0.05) is 6.07 Å². The Bertz CT molecular complexity index is 484. The van der Waals surface area contributed by atoms with Gasteiger partial charge in [-0.25, -0.2) is 4.98 Å². The summed E-state index contributed by atoms with van der Waals surface area (Å²) in [5.74, 6) is 0.970. The maximum Gasteiger partial charge on any atom is 0.129 e. The summed E-state index contributed by atoms with van der Waals surface area (Å²) in [4.78, 5) is 10.8. The predicted octanol–water partition coefficient (Wildman–Crippen LogP) is 1.96. The van der Waals surface area contributed by atoms with Gasteiger partial charge < -0.3 is 10.6 Å².